The summed E-state index contributed by atoms with van der Waals surface area (Å²) >= 11 is 0. The van der Waals surface area contributed by atoms with Gasteiger partial charge in [-0.05, 0) is 57.4 Å². The Labute approximate surface area is 119 Å². The van der Waals surface area contributed by atoms with Gasteiger partial charge in [0, 0.05) is 12.5 Å². The molecule has 20 heavy (non-hydrogen) atoms. The Kier molecular flexibility index (Phi) is 4.29. The zero-order chi connectivity index (χ0) is 14.8. The number of halogens is 1. The van der Waals surface area contributed by atoms with Gasteiger partial charge < -0.3 is 4.74 Å². The summed E-state index contributed by atoms with van der Waals surface area (Å²) in [6.45, 7) is 5.91. The van der Waals surface area contributed by atoms with E-state index in [0.717, 1.165) is 18.4 Å². The third kappa shape index (κ3) is 3.29. The van der Waals surface area contributed by atoms with Crippen molar-refractivity contribution in [2.45, 2.75) is 57.7 Å². The van der Waals surface area contributed by atoms with Crippen molar-refractivity contribution in [2.75, 3.05) is 0 Å². The van der Waals surface area contributed by atoms with Crippen LogP contribution in [0.25, 0.3) is 0 Å². The molecule has 0 aliphatic heterocycles. The molecule has 2 atom stereocenters. The van der Waals surface area contributed by atoms with E-state index in [1.54, 1.807) is 6.07 Å². The van der Waals surface area contributed by atoms with Crippen LogP contribution in [0.2, 0.25) is 0 Å². The number of nitrogens with zero attached hydrogens (tertiary/aromatic N) is 1. The molecule has 1 saturated carbocycles. The molecule has 108 valence electrons. The summed E-state index contributed by atoms with van der Waals surface area (Å²) in [7, 11) is 0. The molecule has 2 unspecified atom stereocenters. The molecule has 1 aliphatic carbocycles. The van der Waals surface area contributed by atoms with E-state index in [1.807, 2.05) is 20.8 Å². The van der Waals surface area contributed by atoms with E-state index in [-0.39, 0.29) is 18.0 Å². The van der Waals surface area contributed by atoms with Gasteiger partial charge in [0.05, 0.1) is 6.07 Å². The Morgan fingerprint density at radius 1 is 1.50 bits per heavy atom. The van der Waals surface area contributed by atoms with Crippen LogP contribution in [0.15, 0.2) is 18.2 Å². The van der Waals surface area contributed by atoms with E-state index in [1.165, 1.54) is 12.1 Å². The Morgan fingerprint density at radius 2 is 2.25 bits per heavy atom. The number of aryl methyl sites for hydroxylation is 1. The fraction of sp³-hybridized carbons (Fsp3) is 0.562. The lowest BCUT2D eigenvalue weighted by molar-refractivity contribution is 0.198. The van der Waals surface area contributed by atoms with Gasteiger partial charge >= 0.3 is 0 Å². The normalized spacial score (nSPS) is 25.7. The summed E-state index contributed by atoms with van der Waals surface area (Å²) in [5, 5.41) is 12.8. The number of ether oxygens (including phenoxy) is 1. The number of hydrogen-bond acceptors (Lipinski definition) is 3. The largest absolute Gasteiger partial charge is 0.490 e. The van der Waals surface area contributed by atoms with Gasteiger partial charge in [-0.1, -0.05) is 0 Å². The van der Waals surface area contributed by atoms with Crippen LogP contribution < -0.4 is 10.1 Å². The zero-order valence-electron chi connectivity index (χ0n) is 12.2. The van der Waals surface area contributed by atoms with Crippen LogP contribution in [-0.4, -0.2) is 17.7 Å². The molecule has 1 aromatic carbocycles. The monoisotopic (exact) mass is 276 g/mol. The first kappa shape index (κ1) is 14.8. The molecule has 3 nitrogen and oxygen atoms in total. The summed E-state index contributed by atoms with van der Waals surface area (Å²) in [5.74, 6) is 0.448. The first-order valence-corrected chi connectivity index (χ1v) is 7.06. The summed E-state index contributed by atoms with van der Waals surface area (Å²) in [4.78, 5) is 0. The number of nitrogens with one attached hydrogen (secondary N) is 1. The van der Waals surface area contributed by atoms with Crippen LogP contribution >= 0.6 is 0 Å². The van der Waals surface area contributed by atoms with Gasteiger partial charge in [0.25, 0.3) is 0 Å². The maximum Gasteiger partial charge on any atom is 0.123 e. The summed E-state index contributed by atoms with van der Waals surface area (Å²) in [6.07, 6.45) is 2.29. The minimum Gasteiger partial charge on any atom is -0.490 e. The van der Waals surface area contributed by atoms with Crippen molar-refractivity contribution in [3.05, 3.63) is 29.6 Å². The molecule has 4 heteroatoms. The van der Waals surface area contributed by atoms with Gasteiger partial charge in [-0.3, -0.25) is 5.32 Å². The molecule has 0 aromatic heterocycles. The first-order chi connectivity index (χ1) is 9.44. The van der Waals surface area contributed by atoms with Crippen LogP contribution in [0.5, 0.6) is 5.75 Å². The predicted octanol–water partition coefficient (Wildman–Crippen LogP) is 3.33. The van der Waals surface area contributed by atoms with Gasteiger partial charge in [0.15, 0.2) is 0 Å². The standard InChI is InChI=1S/C16H21FN2O/c1-11(2)19-16(10-18)7-6-14(9-16)20-15-5-4-13(17)8-12(15)3/h4-5,8,11,14,19H,6-7,9H2,1-3H3. The molecule has 0 spiro atoms. The van der Waals surface area contributed by atoms with Crippen molar-refractivity contribution >= 4 is 0 Å². The van der Waals surface area contributed by atoms with E-state index < -0.39 is 5.54 Å². The van der Waals surface area contributed by atoms with Crippen molar-refractivity contribution in [3.8, 4) is 11.8 Å². The lowest BCUT2D eigenvalue weighted by atomic mass is 9.98. The van der Waals surface area contributed by atoms with E-state index >= 15 is 0 Å². The summed E-state index contributed by atoms with van der Waals surface area (Å²) in [5.41, 5.74) is 0.295. The molecule has 0 amide bonds. The van der Waals surface area contributed by atoms with Crippen LogP contribution in [0.3, 0.4) is 0 Å². The lowest BCUT2D eigenvalue weighted by Gasteiger charge is -2.25. The fourth-order valence-corrected chi connectivity index (χ4v) is 2.84. The highest BCUT2D eigenvalue weighted by Gasteiger charge is 2.40. The average molecular weight is 276 g/mol. The summed E-state index contributed by atoms with van der Waals surface area (Å²) in [6, 6.07) is 7.19. The second-order valence-electron chi connectivity index (χ2n) is 5.89. The fourth-order valence-electron chi connectivity index (χ4n) is 2.84. The molecule has 0 saturated heterocycles. The lowest BCUT2D eigenvalue weighted by Crippen LogP contribution is -2.46. The highest BCUT2D eigenvalue weighted by Crippen LogP contribution is 2.33. The molecular weight excluding hydrogens is 255 g/mol. The molecule has 1 aromatic rings. The number of benzene rings is 1. The zero-order valence-corrected chi connectivity index (χ0v) is 12.2. The number of nitriles is 1. The third-order valence-electron chi connectivity index (χ3n) is 3.68. The van der Waals surface area contributed by atoms with Crippen LogP contribution in [-0.2, 0) is 0 Å². The van der Waals surface area contributed by atoms with Gasteiger partial charge in [-0.2, -0.15) is 5.26 Å². The molecule has 2 rings (SSSR count). The topological polar surface area (TPSA) is 45.0 Å². The van der Waals surface area contributed by atoms with Crippen molar-refractivity contribution in [1.82, 2.24) is 5.32 Å². The minimum atomic E-state index is -0.493. The quantitative estimate of drug-likeness (QED) is 0.917. The van der Waals surface area contributed by atoms with Gasteiger partial charge in [-0.25, -0.2) is 4.39 Å². The number of hydrogen-bond donors (Lipinski definition) is 1. The number of rotatable bonds is 4. The average Bonchev–Trinajstić information content (AvgIpc) is 2.76. The maximum absolute atomic E-state index is 13.1. The SMILES string of the molecule is Cc1cc(F)ccc1OC1CCC(C#N)(NC(C)C)C1. The van der Waals surface area contributed by atoms with Gasteiger partial charge in [0.1, 0.15) is 23.2 Å². The molecular formula is C16H21FN2O. The molecule has 0 heterocycles. The van der Waals surface area contributed by atoms with Crippen LogP contribution in [0, 0.1) is 24.1 Å². The minimum absolute atomic E-state index is 0.00469. The van der Waals surface area contributed by atoms with Crippen molar-refractivity contribution < 1.29 is 9.13 Å². The van der Waals surface area contributed by atoms with Gasteiger partial charge in [-0.15, -0.1) is 0 Å². The van der Waals surface area contributed by atoms with E-state index in [4.69, 9.17) is 4.74 Å². The highest BCUT2D eigenvalue weighted by atomic mass is 19.1. The van der Waals surface area contributed by atoms with E-state index in [9.17, 15) is 9.65 Å². The third-order valence-corrected chi connectivity index (χ3v) is 3.68. The van der Waals surface area contributed by atoms with Crippen molar-refractivity contribution in [1.29, 1.82) is 5.26 Å². The maximum atomic E-state index is 13.1. The predicted molar refractivity (Wildman–Crippen MR) is 76.0 cm³/mol. The van der Waals surface area contributed by atoms with Crippen molar-refractivity contribution in [2.24, 2.45) is 0 Å². The Balaban J connectivity index is 2.04. The highest BCUT2D eigenvalue weighted by molar-refractivity contribution is 5.33. The van der Waals surface area contributed by atoms with Crippen LogP contribution in [0.4, 0.5) is 4.39 Å². The van der Waals surface area contributed by atoms with Crippen LogP contribution in [0.1, 0.15) is 38.7 Å². The molecule has 1 aliphatic rings. The second kappa shape index (κ2) is 5.80. The Bertz CT molecular complexity index is 524. The smallest absolute Gasteiger partial charge is 0.123 e. The molecule has 1 N–H and O–H groups in total. The Morgan fingerprint density at radius 3 is 2.85 bits per heavy atom. The van der Waals surface area contributed by atoms with E-state index in [0.29, 0.717) is 12.2 Å². The molecule has 0 radical (unpaired) electrons. The summed E-state index contributed by atoms with van der Waals surface area (Å²) < 4.78 is 19.0. The second-order valence-corrected chi connectivity index (χ2v) is 5.89. The molecule has 1 fully saturated rings. The van der Waals surface area contributed by atoms with Gasteiger partial charge in [0.2, 0.25) is 0 Å². The Hall–Kier alpha value is -1.60. The van der Waals surface area contributed by atoms with Crippen molar-refractivity contribution in [3.63, 3.8) is 0 Å². The first-order valence-electron chi connectivity index (χ1n) is 7.06. The molecule has 0 bridgehead atoms. The van der Waals surface area contributed by atoms with E-state index in [2.05, 4.69) is 11.4 Å².